The molecule has 0 spiro atoms. The van der Waals surface area contributed by atoms with Gasteiger partial charge < -0.3 is 13.7 Å². The second kappa shape index (κ2) is 14.6. The van der Waals surface area contributed by atoms with Gasteiger partial charge in [0.25, 0.3) is 0 Å². The van der Waals surface area contributed by atoms with Crippen molar-refractivity contribution in [1.29, 1.82) is 0 Å². The Hall–Kier alpha value is -9.32. The fourth-order valence-electron chi connectivity index (χ4n) is 11.4. The first-order valence-corrected chi connectivity index (χ1v) is 23.6. The van der Waals surface area contributed by atoms with Crippen molar-refractivity contribution >= 4 is 65.4 Å². The highest BCUT2D eigenvalue weighted by Crippen LogP contribution is 2.47. The molecule has 0 aliphatic carbocycles. The Bertz CT molecular complexity index is 4200. The zero-order valence-corrected chi connectivity index (χ0v) is 37.3. The molecule has 0 unspecified atom stereocenters. The van der Waals surface area contributed by atoms with Crippen LogP contribution in [0.15, 0.2) is 237 Å². The van der Waals surface area contributed by atoms with Crippen molar-refractivity contribution < 1.29 is 0 Å². The Kier molecular flexibility index (Phi) is 8.00. The second-order valence-electron chi connectivity index (χ2n) is 18.1. The fraction of sp³-hybridized carbons (Fsp3) is 0. The normalized spacial score (nSPS) is 12.1. The largest absolute Gasteiger partial charge is 0.309 e. The highest BCUT2D eigenvalue weighted by atomic mass is 15.0. The summed E-state index contributed by atoms with van der Waals surface area (Å²) in [6.45, 7) is 0. The number of aromatic nitrogens is 5. The Labute approximate surface area is 397 Å². The minimum absolute atomic E-state index is 0.672. The van der Waals surface area contributed by atoms with Crippen LogP contribution < -0.4 is 0 Å². The van der Waals surface area contributed by atoms with Crippen LogP contribution in [-0.4, -0.2) is 23.7 Å². The minimum atomic E-state index is 0.672. The maximum atomic E-state index is 5.48. The standard InChI is InChI=1S/C64H39N5/c1-2-17-40(18-3-1)64-65-55(41-33-34-52-54-27-16-26-53-46-20-5-4-19-45(46)47-21-6-15-32-61(47)69(63(53)54)62(52)37-41)39-56(66-64)42-35-43(67-57-28-11-7-22-48(57)49-23-8-12-29-58(49)67)38-44(36-42)68-59-30-13-9-24-50(59)51-25-10-14-31-60(51)68/h1-39H. The zero-order valence-electron chi connectivity index (χ0n) is 37.3. The summed E-state index contributed by atoms with van der Waals surface area (Å²) in [6.07, 6.45) is 0. The monoisotopic (exact) mass is 877 g/mol. The summed E-state index contributed by atoms with van der Waals surface area (Å²) in [4.78, 5) is 10.9. The summed E-state index contributed by atoms with van der Waals surface area (Å²) >= 11 is 0. The molecule has 1 aliphatic rings. The van der Waals surface area contributed by atoms with Gasteiger partial charge >= 0.3 is 0 Å². The van der Waals surface area contributed by atoms with Crippen LogP contribution in [0.4, 0.5) is 0 Å². The van der Waals surface area contributed by atoms with Gasteiger partial charge in [0.05, 0.1) is 50.2 Å². The number of hydrogen-bond acceptors (Lipinski definition) is 2. The van der Waals surface area contributed by atoms with Crippen LogP contribution in [0.25, 0.3) is 139 Å². The zero-order chi connectivity index (χ0) is 45.2. The molecule has 5 nitrogen and oxygen atoms in total. The summed E-state index contributed by atoms with van der Waals surface area (Å²) in [7, 11) is 0. The summed E-state index contributed by atoms with van der Waals surface area (Å²) in [5.74, 6) is 0.672. The highest BCUT2D eigenvalue weighted by molar-refractivity contribution is 6.17. The molecule has 15 rings (SSSR count). The van der Waals surface area contributed by atoms with Gasteiger partial charge in [-0.05, 0) is 71.8 Å². The van der Waals surface area contributed by atoms with E-state index in [2.05, 4.69) is 244 Å². The lowest BCUT2D eigenvalue weighted by Gasteiger charge is -2.16. The maximum absolute atomic E-state index is 5.48. The van der Waals surface area contributed by atoms with Gasteiger partial charge in [-0.2, -0.15) is 0 Å². The van der Waals surface area contributed by atoms with E-state index in [9.17, 15) is 0 Å². The van der Waals surface area contributed by atoms with Gasteiger partial charge in [0.2, 0.25) is 0 Å². The third kappa shape index (κ3) is 5.59. The van der Waals surface area contributed by atoms with E-state index < -0.39 is 0 Å². The Morgan fingerprint density at radius 1 is 0.261 bits per heavy atom. The van der Waals surface area contributed by atoms with Crippen molar-refractivity contribution in [2.24, 2.45) is 0 Å². The van der Waals surface area contributed by atoms with Gasteiger partial charge in [-0.1, -0.05) is 176 Å². The van der Waals surface area contributed by atoms with Gasteiger partial charge in [-0.25, -0.2) is 9.97 Å². The fourth-order valence-corrected chi connectivity index (χ4v) is 11.4. The van der Waals surface area contributed by atoms with Crippen LogP contribution in [0.1, 0.15) is 0 Å². The molecule has 69 heavy (non-hydrogen) atoms. The molecule has 0 bridgehead atoms. The van der Waals surface area contributed by atoms with Crippen molar-refractivity contribution in [2.75, 3.05) is 0 Å². The van der Waals surface area contributed by atoms with Crippen molar-refractivity contribution in [3.05, 3.63) is 237 Å². The lowest BCUT2D eigenvalue weighted by Crippen LogP contribution is -2.01. The molecule has 0 N–H and O–H groups in total. The molecule has 0 amide bonds. The van der Waals surface area contributed by atoms with E-state index >= 15 is 0 Å². The summed E-state index contributed by atoms with van der Waals surface area (Å²) in [6, 6.07) is 85.7. The van der Waals surface area contributed by atoms with Gasteiger partial charge in [-0.3, -0.25) is 0 Å². The average molecular weight is 878 g/mol. The Morgan fingerprint density at radius 3 is 1.33 bits per heavy atom. The molecule has 5 heterocycles. The predicted octanol–water partition coefficient (Wildman–Crippen LogP) is 16.4. The molecular weight excluding hydrogens is 839 g/mol. The van der Waals surface area contributed by atoms with E-state index in [4.69, 9.17) is 9.97 Å². The van der Waals surface area contributed by atoms with E-state index in [0.29, 0.717) is 5.82 Å². The van der Waals surface area contributed by atoms with Crippen LogP contribution in [-0.2, 0) is 0 Å². The van der Waals surface area contributed by atoms with Gasteiger partial charge in [0, 0.05) is 71.5 Å². The molecule has 320 valence electrons. The summed E-state index contributed by atoms with van der Waals surface area (Å²) in [5, 5.41) is 7.30. The molecule has 0 atom stereocenters. The maximum Gasteiger partial charge on any atom is 0.160 e. The SMILES string of the molecule is c1ccc(-c2nc(-c3cc(-n4c5ccccc5c5ccccc54)cc(-n4c5ccccc5c5ccccc54)c3)cc(-c3ccc4c5cccc6c5n(c4c3)-c3ccccc3-c3ccccc3-6)n2)cc1. The van der Waals surface area contributed by atoms with E-state index in [-0.39, 0.29) is 0 Å². The minimum Gasteiger partial charge on any atom is -0.309 e. The van der Waals surface area contributed by atoms with Crippen LogP contribution >= 0.6 is 0 Å². The molecule has 10 aromatic carbocycles. The van der Waals surface area contributed by atoms with Gasteiger partial charge in [0.15, 0.2) is 5.82 Å². The number of benzene rings is 10. The van der Waals surface area contributed by atoms with E-state index in [1.54, 1.807) is 0 Å². The molecule has 1 aliphatic heterocycles. The molecule has 0 saturated carbocycles. The first-order valence-electron chi connectivity index (χ1n) is 23.6. The van der Waals surface area contributed by atoms with Gasteiger partial charge in [0.1, 0.15) is 0 Å². The van der Waals surface area contributed by atoms with Crippen LogP contribution in [0, 0.1) is 0 Å². The van der Waals surface area contributed by atoms with Crippen molar-refractivity contribution in [1.82, 2.24) is 23.7 Å². The third-order valence-electron chi connectivity index (χ3n) is 14.4. The van der Waals surface area contributed by atoms with Crippen LogP contribution in [0.2, 0.25) is 0 Å². The molecule has 4 aromatic heterocycles. The first-order chi connectivity index (χ1) is 34.2. The number of nitrogens with zero attached hydrogens (tertiary/aromatic N) is 5. The Balaban J connectivity index is 1.01. The predicted molar refractivity (Wildman–Crippen MR) is 286 cm³/mol. The Morgan fingerprint density at radius 2 is 0.725 bits per heavy atom. The van der Waals surface area contributed by atoms with E-state index in [1.165, 1.54) is 65.8 Å². The molecule has 0 fully saturated rings. The van der Waals surface area contributed by atoms with E-state index in [1.807, 2.05) is 6.07 Å². The molecule has 0 saturated heterocycles. The summed E-state index contributed by atoms with van der Waals surface area (Å²) in [5.41, 5.74) is 19.8. The number of fused-ring (bicyclic) bond motifs is 14. The van der Waals surface area contributed by atoms with E-state index in [0.717, 1.165) is 67.0 Å². The lowest BCUT2D eigenvalue weighted by atomic mass is 9.93. The molecular formula is C64H39N5. The van der Waals surface area contributed by atoms with Crippen LogP contribution in [0.3, 0.4) is 0 Å². The average Bonchev–Trinajstić information content (AvgIpc) is 4.03. The third-order valence-corrected chi connectivity index (χ3v) is 14.4. The highest BCUT2D eigenvalue weighted by Gasteiger charge is 2.25. The van der Waals surface area contributed by atoms with Crippen molar-refractivity contribution in [2.45, 2.75) is 0 Å². The molecule has 5 heteroatoms. The topological polar surface area (TPSA) is 40.6 Å². The first kappa shape index (κ1) is 37.9. The smallest absolute Gasteiger partial charge is 0.160 e. The number of hydrogen-bond donors (Lipinski definition) is 0. The number of rotatable bonds is 5. The lowest BCUT2D eigenvalue weighted by molar-refractivity contribution is 1.13. The second-order valence-corrected chi connectivity index (χ2v) is 18.1. The van der Waals surface area contributed by atoms with Crippen LogP contribution in [0.5, 0.6) is 0 Å². The van der Waals surface area contributed by atoms with Crippen molar-refractivity contribution in [3.8, 4) is 73.2 Å². The summed E-state index contributed by atoms with van der Waals surface area (Å²) < 4.78 is 7.30. The molecule has 0 radical (unpaired) electrons. The quantitative estimate of drug-likeness (QED) is 0.173. The number of para-hydroxylation sites is 6. The molecule has 14 aromatic rings. The van der Waals surface area contributed by atoms with Gasteiger partial charge in [-0.15, -0.1) is 0 Å². The van der Waals surface area contributed by atoms with Crippen molar-refractivity contribution in [3.63, 3.8) is 0 Å².